The van der Waals surface area contributed by atoms with E-state index in [1.54, 1.807) is 0 Å². The molecule has 0 unspecified atom stereocenters. The van der Waals surface area contributed by atoms with E-state index < -0.39 is 22.3 Å². The summed E-state index contributed by atoms with van der Waals surface area (Å²) in [4.78, 5) is 24.6. The third-order valence-electron chi connectivity index (χ3n) is 7.21. The van der Waals surface area contributed by atoms with E-state index >= 15 is 0 Å². The molecule has 14 heteroatoms. The minimum atomic E-state index is -4.11. The number of carbonyl (C=O) groups excluding carboxylic acids is 1. The van der Waals surface area contributed by atoms with Crippen LogP contribution in [0.2, 0.25) is 9.36 Å². The SMILES string of the molecule is CN1CCc2ccc(Cl)cc2[C@@H]1c1cc(C(=O)c2cncnc2N[C@@H]2C[C@H](COS(N)(=O)=O)[C@@H](O)C2)sc1Cl. The molecule has 1 aliphatic heterocycles. The van der Waals surface area contributed by atoms with Gasteiger partial charge >= 0.3 is 10.3 Å². The van der Waals surface area contributed by atoms with Crippen molar-refractivity contribution in [2.24, 2.45) is 11.1 Å². The zero-order valence-electron chi connectivity index (χ0n) is 20.9. The lowest BCUT2D eigenvalue weighted by Gasteiger charge is -2.34. The Morgan fingerprint density at radius 2 is 2.08 bits per heavy atom. The molecule has 0 saturated heterocycles. The van der Waals surface area contributed by atoms with Crippen LogP contribution in [0, 0.1) is 5.92 Å². The van der Waals surface area contributed by atoms with Crippen LogP contribution < -0.4 is 10.5 Å². The van der Waals surface area contributed by atoms with E-state index in [2.05, 4.69) is 24.4 Å². The van der Waals surface area contributed by atoms with Crippen molar-refractivity contribution in [1.29, 1.82) is 0 Å². The van der Waals surface area contributed by atoms with Crippen LogP contribution >= 0.6 is 34.5 Å². The average Bonchev–Trinajstić information content (AvgIpc) is 3.43. The Morgan fingerprint density at radius 3 is 2.85 bits per heavy atom. The Hall–Kier alpha value is -2.16. The van der Waals surface area contributed by atoms with Gasteiger partial charge in [-0.25, -0.2) is 15.1 Å². The van der Waals surface area contributed by atoms with Crippen molar-refractivity contribution in [3.05, 3.63) is 73.3 Å². The number of hydrogen-bond acceptors (Lipinski definition) is 10. The van der Waals surface area contributed by atoms with E-state index in [4.69, 9.17) is 28.3 Å². The molecule has 39 heavy (non-hydrogen) atoms. The normalized spacial score (nSPS) is 23.5. The highest BCUT2D eigenvalue weighted by atomic mass is 35.5. The van der Waals surface area contributed by atoms with E-state index in [1.165, 1.54) is 29.4 Å². The van der Waals surface area contributed by atoms with Gasteiger partial charge in [-0.1, -0.05) is 29.3 Å². The second-order valence-electron chi connectivity index (χ2n) is 9.85. The fraction of sp³-hybridized carbons (Fsp3) is 0.400. The maximum absolute atomic E-state index is 13.7. The second kappa shape index (κ2) is 11.4. The first-order chi connectivity index (χ1) is 18.5. The number of nitrogens with zero attached hydrogens (tertiary/aromatic N) is 3. The first kappa shape index (κ1) is 28.4. The number of fused-ring (bicyclic) bond motifs is 1. The van der Waals surface area contributed by atoms with Crippen LogP contribution in [0.15, 0.2) is 36.8 Å². The summed E-state index contributed by atoms with van der Waals surface area (Å²) < 4.78 is 27.4. The number of halogens is 2. The van der Waals surface area contributed by atoms with Crippen LogP contribution in [0.1, 0.15) is 50.8 Å². The standard InChI is InChI=1S/C25H27Cl2N5O5S2/c1-32-5-4-13-2-3-15(26)7-17(13)22(32)18-9-21(38-24(18)27)23(34)19-10-29-12-30-25(19)31-16-6-14(20(33)8-16)11-37-39(28,35)36/h2-3,7,9-10,12,14,16,20,22,33H,4-6,8,11H2,1H3,(H2,28,35,36)(H,29,30,31)/t14-,16-,20+,22-/m1/s1. The smallest absolute Gasteiger partial charge is 0.333 e. The van der Waals surface area contributed by atoms with E-state index in [9.17, 15) is 18.3 Å². The molecule has 0 amide bonds. The first-order valence-corrected chi connectivity index (χ1v) is 15.3. The summed E-state index contributed by atoms with van der Waals surface area (Å²) in [6.45, 7) is 0.611. The van der Waals surface area contributed by atoms with Crippen molar-refractivity contribution < 1.29 is 22.5 Å². The Bertz CT molecular complexity index is 1500. The lowest BCUT2D eigenvalue weighted by Crippen LogP contribution is -2.32. The molecular weight excluding hydrogens is 585 g/mol. The highest BCUT2D eigenvalue weighted by Crippen LogP contribution is 2.42. The molecule has 208 valence electrons. The van der Waals surface area contributed by atoms with Crippen LogP contribution in [0.3, 0.4) is 0 Å². The minimum Gasteiger partial charge on any atom is -0.393 e. The molecule has 1 aliphatic carbocycles. The lowest BCUT2D eigenvalue weighted by atomic mass is 9.89. The zero-order valence-corrected chi connectivity index (χ0v) is 24.0. The number of benzene rings is 1. The predicted octanol–water partition coefficient (Wildman–Crippen LogP) is 3.42. The van der Waals surface area contributed by atoms with Crippen LogP contribution in [0.4, 0.5) is 5.82 Å². The summed E-state index contributed by atoms with van der Waals surface area (Å²) in [6, 6.07) is 7.29. The largest absolute Gasteiger partial charge is 0.393 e. The minimum absolute atomic E-state index is 0.140. The molecule has 10 nitrogen and oxygen atoms in total. The van der Waals surface area contributed by atoms with Crippen LogP contribution in [0.25, 0.3) is 0 Å². The molecule has 2 aromatic heterocycles. The van der Waals surface area contributed by atoms with Gasteiger partial charge < -0.3 is 10.4 Å². The van der Waals surface area contributed by atoms with E-state index in [0.29, 0.717) is 32.9 Å². The molecule has 4 atom stereocenters. The molecule has 0 bridgehead atoms. The Kier molecular flexibility index (Phi) is 8.28. The second-order valence-corrected chi connectivity index (χ2v) is 13.2. The highest BCUT2D eigenvalue weighted by molar-refractivity contribution is 7.84. The third kappa shape index (κ3) is 6.28. The van der Waals surface area contributed by atoms with Gasteiger partial charge in [0.2, 0.25) is 5.78 Å². The average molecular weight is 613 g/mol. The number of anilines is 1. The fourth-order valence-corrected chi connectivity index (χ4v) is 7.14. The number of carbonyl (C=O) groups is 1. The monoisotopic (exact) mass is 611 g/mol. The summed E-state index contributed by atoms with van der Waals surface area (Å²) >= 11 is 14.2. The molecule has 5 rings (SSSR count). The molecule has 0 radical (unpaired) electrons. The topological polar surface area (TPSA) is 148 Å². The van der Waals surface area contributed by atoms with Gasteiger partial charge in [0.25, 0.3) is 0 Å². The van der Waals surface area contributed by atoms with Crippen molar-refractivity contribution in [2.75, 3.05) is 25.5 Å². The van der Waals surface area contributed by atoms with Gasteiger partial charge in [0.05, 0.1) is 33.5 Å². The van der Waals surface area contributed by atoms with Crippen molar-refractivity contribution in [3.8, 4) is 0 Å². The van der Waals surface area contributed by atoms with Gasteiger partial charge in [-0.05, 0) is 55.6 Å². The quantitative estimate of drug-likeness (QED) is 0.326. The van der Waals surface area contributed by atoms with Gasteiger partial charge in [-0.15, -0.1) is 11.3 Å². The molecule has 4 N–H and O–H groups in total. The number of rotatable bonds is 8. The number of aliphatic hydroxyl groups excluding tert-OH is 1. The first-order valence-electron chi connectivity index (χ1n) is 12.2. The number of aliphatic hydroxyl groups is 1. The van der Waals surface area contributed by atoms with Crippen LogP contribution in [0.5, 0.6) is 0 Å². The van der Waals surface area contributed by atoms with Gasteiger partial charge in [-0.3, -0.25) is 13.9 Å². The number of aromatic nitrogens is 2. The summed E-state index contributed by atoms with van der Waals surface area (Å²) in [7, 11) is -2.09. The molecule has 1 aromatic carbocycles. The van der Waals surface area contributed by atoms with Crippen molar-refractivity contribution >= 4 is 56.4 Å². The van der Waals surface area contributed by atoms with Gasteiger partial charge in [0.1, 0.15) is 12.1 Å². The number of thiophene rings is 1. The highest BCUT2D eigenvalue weighted by Gasteiger charge is 2.35. The van der Waals surface area contributed by atoms with Crippen LogP contribution in [-0.2, 0) is 20.9 Å². The number of nitrogens with two attached hydrogens (primary N) is 1. The number of hydrogen-bond donors (Lipinski definition) is 3. The van der Waals surface area contributed by atoms with Crippen molar-refractivity contribution in [2.45, 2.75) is 37.5 Å². The molecular formula is C25H27Cl2N5O5S2. The summed E-state index contributed by atoms with van der Waals surface area (Å²) in [5.41, 5.74) is 3.37. The Labute approximate surface area is 240 Å². The molecule has 1 fully saturated rings. The van der Waals surface area contributed by atoms with Gasteiger partial charge in [0, 0.05) is 35.3 Å². The Balaban J connectivity index is 1.37. The van der Waals surface area contributed by atoms with E-state index in [-0.39, 0.29) is 30.0 Å². The predicted molar refractivity (Wildman–Crippen MR) is 150 cm³/mol. The van der Waals surface area contributed by atoms with Gasteiger partial charge in [0.15, 0.2) is 0 Å². The maximum Gasteiger partial charge on any atom is 0.333 e. The number of ketones is 1. The van der Waals surface area contributed by atoms with Crippen molar-refractivity contribution in [1.82, 2.24) is 14.9 Å². The summed E-state index contributed by atoms with van der Waals surface area (Å²) in [6.07, 6.45) is 3.60. The van der Waals surface area contributed by atoms with E-state index in [0.717, 1.165) is 24.1 Å². The summed E-state index contributed by atoms with van der Waals surface area (Å²) in [5, 5.41) is 19.1. The van der Waals surface area contributed by atoms with Crippen molar-refractivity contribution in [3.63, 3.8) is 0 Å². The molecule has 2 aliphatic rings. The number of likely N-dealkylation sites (N-methyl/N-ethyl adjacent to an activating group) is 1. The molecule has 1 saturated carbocycles. The maximum atomic E-state index is 13.7. The van der Waals surface area contributed by atoms with Gasteiger partial charge in [-0.2, -0.15) is 8.42 Å². The third-order valence-corrected chi connectivity index (χ3v) is 9.30. The Morgan fingerprint density at radius 1 is 1.28 bits per heavy atom. The van der Waals surface area contributed by atoms with Crippen LogP contribution in [-0.4, -0.2) is 66.5 Å². The fourth-order valence-electron chi connectivity index (χ4n) is 5.32. The summed E-state index contributed by atoms with van der Waals surface area (Å²) in [5.74, 6) is -0.406. The number of nitrogens with one attached hydrogen (secondary N) is 1. The van der Waals surface area contributed by atoms with E-state index in [1.807, 2.05) is 31.3 Å². The zero-order chi connectivity index (χ0) is 27.9. The molecule has 3 aromatic rings. The molecule has 3 heterocycles. The molecule has 0 spiro atoms. The lowest BCUT2D eigenvalue weighted by molar-refractivity contribution is 0.101.